The molecule has 0 saturated heterocycles. The molecule has 0 amide bonds. The fraction of sp³-hybridized carbons (Fsp3) is 0.600. The number of hydrogen-bond acceptors (Lipinski definition) is 4. The monoisotopic (exact) mass is 294 g/mol. The number of rotatable bonds is 6. The SMILES string of the molecule is CCCCCC(O)[C@@H]1C=C[C@](C)(n2ccc(=O)[nH]c2=O)O1. The van der Waals surface area contributed by atoms with E-state index in [1.54, 1.807) is 19.1 Å². The largest absolute Gasteiger partial charge is 0.390 e. The Morgan fingerprint density at radius 3 is 2.90 bits per heavy atom. The molecular formula is C15H22N2O4. The summed E-state index contributed by atoms with van der Waals surface area (Å²) in [6.07, 6.45) is 7.66. The van der Waals surface area contributed by atoms with Crippen molar-refractivity contribution in [2.45, 2.75) is 57.5 Å². The normalized spacial score (nSPS) is 26.1. The van der Waals surface area contributed by atoms with Gasteiger partial charge in [0.2, 0.25) is 0 Å². The average Bonchev–Trinajstić information content (AvgIpc) is 2.82. The van der Waals surface area contributed by atoms with E-state index in [-0.39, 0.29) is 0 Å². The zero-order valence-electron chi connectivity index (χ0n) is 12.4. The lowest BCUT2D eigenvalue weighted by Crippen LogP contribution is -2.43. The molecule has 6 nitrogen and oxygen atoms in total. The maximum absolute atomic E-state index is 11.9. The number of nitrogens with one attached hydrogen (secondary N) is 1. The highest BCUT2D eigenvalue weighted by molar-refractivity contribution is 5.10. The average molecular weight is 294 g/mol. The molecule has 116 valence electrons. The van der Waals surface area contributed by atoms with Crippen molar-refractivity contribution < 1.29 is 9.84 Å². The van der Waals surface area contributed by atoms with Crippen LogP contribution in [0, 0.1) is 0 Å². The van der Waals surface area contributed by atoms with E-state index >= 15 is 0 Å². The van der Waals surface area contributed by atoms with Crippen molar-refractivity contribution in [3.05, 3.63) is 45.3 Å². The predicted molar refractivity (Wildman–Crippen MR) is 79.1 cm³/mol. The van der Waals surface area contributed by atoms with Gasteiger partial charge in [-0.1, -0.05) is 32.3 Å². The molecule has 3 atom stereocenters. The van der Waals surface area contributed by atoms with Crippen molar-refractivity contribution >= 4 is 0 Å². The van der Waals surface area contributed by atoms with Crippen LogP contribution in [0.15, 0.2) is 34.0 Å². The first kappa shape index (κ1) is 15.7. The molecule has 0 bridgehead atoms. The van der Waals surface area contributed by atoms with Gasteiger partial charge in [0, 0.05) is 12.3 Å². The van der Waals surface area contributed by atoms with Gasteiger partial charge in [-0.3, -0.25) is 14.3 Å². The minimum Gasteiger partial charge on any atom is -0.390 e. The summed E-state index contributed by atoms with van der Waals surface area (Å²) in [5.74, 6) is 0. The number of aliphatic hydroxyl groups excluding tert-OH is 1. The topological polar surface area (TPSA) is 84.3 Å². The Morgan fingerprint density at radius 2 is 2.24 bits per heavy atom. The molecule has 1 aromatic rings. The van der Waals surface area contributed by atoms with E-state index in [1.165, 1.54) is 16.8 Å². The van der Waals surface area contributed by atoms with E-state index < -0.39 is 29.2 Å². The molecule has 1 aromatic heterocycles. The fourth-order valence-electron chi connectivity index (χ4n) is 2.51. The third-order valence-corrected chi connectivity index (χ3v) is 3.75. The molecule has 1 unspecified atom stereocenters. The van der Waals surface area contributed by atoms with Crippen LogP contribution in [0.1, 0.15) is 39.5 Å². The summed E-state index contributed by atoms with van der Waals surface area (Å²) in [6.45, 7) is 3.83. The van der Waals surface area contributed by atoms with Gasteiger partial charge in [0.25, 0.3) is 5.56 Å². The quantitative estimate of drug-likeness (QED) is 0.608. The second kappa shape index (κ2) is 6.41. The molecule has 0 aliphatic carbocycles. The van der Waals surface area contributed by atoms with Crippen LogP contribution in [-0.4, -0.2) is 26.9 Å². The fourth-order valence-corrected chi connectivity index (χ4v) is 2.51. The van der Waals surface area contributed by atoms with E-state index in [0.717, 1.165) is 19.3 Å². The van der Waals surface area contributed by atoms with E-state index in [1.807, 2.05) is 0 Å². The van der Waals surface area contributed by atoms with Crippen molar-refractivity contribution in [3.63, 3.8) is 0 Å². The number of aliphatic hydroxyl groups is 1. The zero-order valence-corrected chi connectivity index (χ0v) is 12.4. The van der Waals surface area contributed by atoms with Crippen molar-refractivity contribution in [2.24, 2.45) is 0 Å². The Hall–Kier alpha value is -1.66. The molecule has 0 saturated carbocycles. The summed E-state index contributed by atoms with van der Waals surface area (Å²) in [5, 5.41) is 10.1. The molecular weight excluding hydrogens is 272 g/mol. The number of unbranched alkanes of at least 4 members (excludes halogenated alkanes) is 2. The maximum atomic E-state index is 11.9. The number of nitrogens with zero attached hydrogens (tertiary/aromatic N) is 1. The van der Waals surface area contributed by atoms with Crippen molar-refractivity contribution in [2.75, 3.05) is 0 Å². The van der Waals surface area contributed by atoms with E-state index in [2.05, 4.69) is 11.9 Å². The summed E-state index contributed by atoms with van der Waals surface area (Å²) >= 11 is 0. The van der Waals surface area contributed by atoms with Gasteiger partial charge in [-0.05, 0) is 19.4 Å². The molecule has 2 N–H and O–H groups in total. The van der Waals surface area contributed by atoms with Gasteiger partial charge in [0.1, 0.15) is 6.10 Å². The molecule has 0 spiro atoms. The lowest BCUT2D eigenvalue weighted by atomic mass is 10.1. The van der Waals surface area contributed by atoms with E-state index in [9.17, 15) is 14.7 Å². The number of H-pyrrole nitrogens is 1. The second-order valence-corrected chi connectivity index (χ2v) is 5.54. The minimum absolute atomic E-state index is 0.439. The van der Waals surface area contributed by atoms with Crippen LogP contribution in [0.4, 0.5) is 0 Å². The summed E-state index contributed by atoms with van der Waals surface area (Å²) in [6, 6.07) is 1.27. The van der Waals surface area contributed by atoms with Crippen molar-refractivity contribution in [1.29, 1.82) is 0 Å². The summed E-state index contributed by atoms with van der Waals surface area (Å²) in [5.41, 5.74) is -1.97. The van der Waals surface area contributed by atoms with Gasteiger partial charge in [-0.25, -0.2) is 4.79 Å². The lowest BCUT2D eigenvalue weighted by Gasteiger charge is -2.28. The Kier molecular flexibility index (Phi) is 4.80. The van der Waals surface area contributed by atoms with Crippen LogP contribution < -0.4 is 11.2 Å². The second-order valence-electron chi connectivity index (χ2n) is 5.54. The van der Waals surface area contributed by atoms with Crippen LogP contribution in [0.5, 0.6) is 0 Å². The van der Waals surface area contributed by atoms with Crippen LogP contribution in [0.3, 0.4) is 0 Å². The molecule has 0 radical (unpaired) electrons. The zero-order chi connectivity index (χ0) is 15.5. The van der Waals surface area contributed by atoms with Crippen LogP contribution in [0.2, 0.25) is 0 Å². The van der Waals surface area contributed by atoms with Gasteiger partial charge in [-0.15, -0.1) is 0 Å². The standard InChI is InChI=1S/C15H22N2O4/c1-3-4-5-6-11(18)12-7-9-15(2,21-12)17-10-8-13(19)16-14(17)20/h7-12,18H,3-6H2,1-2H3,(H,16,19,20)/t11?,12-,15+/m0/s1. The molecule has 1 aliphatic heterocycles. The summed E-state index contributed by atoms with van der Waals surface area (Å²) < 4.78 is 7.14. The highest BCUT2D eigenvalue weighted by atomic mass is 16.5. The van der Waals surface area contributed by atoms with Gasteiger partial charge >= 0.3 is 5.69 Å². The highest BCUT2D eigenvalue weighted by Gasteiger charge is 2.36. The Morgan fingerprint density at radius 1 is 1.48 bits per heavy atom. The third-order valence-electron chi connectivity index (χ3n) is 3.75. The van der Waals surface area contributed by atoms with Gasteiger partial charge in [0.05, 0.1) is 6.10 Å². The van der Waals surface area contributed by atoms with Crippen LogP contribution >= 0.6 is 0 Å². The number of aromatic amines is 1. The lowest BCUT2D eigenvalue weighted by molar-refractivity contribution is -0.109. The maximum Gasteiger partial charge on any atom is 0.330 e. The van der Waals surface area contributed by atoms with Gasteiger partial charge < -0.3 is 9.84 Å². The van der Waals surface area contributed by atoms with Crippen molar-refractivity contribution in [1.82, 2.24) is 9.55 Å². The summed E-state index contributed by atoms with van der Waals surface area (Å²) in [7, 11) is 0. The van der Waals surface area contributed by atoms with Crippen LogP contribution in [-0.2, 0) is 10.5 Å². The Bertz CT molecular complexity index is 619. The highest BCUT2D eigenvalue weighted by Crippen LogP contribution is 2.29. The van der Waals surface area contributed by atoms with Gasteiger partial charge in [0.15, 0.2) is 5.72 Å². The van der Waals surface area contributed by atoms with E-state index in [4.69, 9.17) is 4.74 Å². The van der Waals surface area contributed by atoms with E-state index in [0.29, 0.717) is 6.42 Å². The smallest absolute Gasteiger partial charge is 0.330 e. The van der Waals surface area contributed by atoms with Crippen molar-refractivity contribution in [3.8, 4) is 0 Å². The molecule has 1 aliphatic rings. The Balaban J connectivity index is 2.08. The molecule has 2 heterocycles. The first-order valence-electron chi connectivity index (χ1n) is 7.34. The molecule has 21 heavy (non-hydrogen) atoms. The van der Waals surface area contributed by atoms with Gasteiger partial charge in [-0.2, -0.15) is 0 Å². The summed E-state index contributed by atoms with van der Waals surface area (Å²) in [4.78, 5) is 25.2. The molecule has 2 rings (SSSR count). The first-order valence-corrected chi connectivity index (χ1v) is 7.34. The third kappa shape index (κ3) is 3.51. The Labute approximate surface area is 123 Å². The first-order chi connectivity index (χ1) is 9.96. The molecule has 0 fully saturated rings. The molecule has 0 aromatic carbocycles. The number of hydrogen-bond donors (Lipinski definition) is 2. The number of ether oxygens (including phenoxy) is 1. The van der Waals surface area contributed by atoms with Crippen LogP contribution in [0.25, 0.3) is 0 Å². The molecule has 6 heteroatoms. The number of aromatic nitrogens is 2. The minimum atomic E-state index is -0.988. The predicted octanol–water partition coefficient (Wildman–Crippen LogP) is 1.11.